The molecule has 14 nitrogen and oxygen atoms in total. The van der Waals surface area contributed by atoms with Gasteiger partial charge >= 0.3 is 11.9 Å². The number of benzene rings is 6. The van der Waals surface area contributed by atoms with Gasteiger partial charge in [0.15, 0.2) is 23.0 Å². The molecule has 1 atom stereocenters. The van der Waals surface area contributed by atoms with Gasteiger partial charge in [0.1, 0.15) is 11.5 Å². The van der Waals surface area contributed by atoms with E-state index in [-0.39, 0.29) is 18.8 Å². The van der Waals surface area contributed by atoms with Crippen molar-refractivity contribution in [1.82, 2.24) is 0 Å². The molecule has 0 spiro atoms. The van der Waals surface area contributed by atoms with Crippen molar-refractivity contribution in [1.29, 1.82) is 10.5 Å². The average Bonchev–Trinajstić information content (AvgIpc) is 3.53. The lowest BCUT2D eigenvalue weighted by molar-refractivity contribution is -0.274. The molecule has 0 fully saturated rings. The van der Waals surface area contributed by atoms with Crippen molar-refractivity contribution in [3.8, 4) is 68.9 Å². The summed E-state index contributed by atoms with van der Waals surface area (Å²) in [4.78, 5) is 44.8. The lowest BCUT2D eigenvalue weighted by Gasteiger charge is -2.13. The average molecular weight is 1130 g/mol. The van der Waals surface area contributed by atoms with Gasteiger partial charge in [0.2, 0.25) is 0 Å². The lowest BCUT2D eigenvalue weighted by Crippen LogP contribution is -2.13. The highest BCUT2D eigenvalue weighted by Crippen LogP contribution is 2.29. The van der Waals surface area contributed by atoms with Gasteiger partial charge in [-0.25, -0.2) is 9.59 Å². The second-order valence-corrected chi connectivity index (χ2v) is 20.5. The number of carbonyl (C=O) groups excluding carboxylic acids is 2. The summed E-state index contributed by atoms with van der Waals surface area (Å²) in [5.41, 5.74) is 5.62. The first-order chi connectivity index (χ1) is 40.9. The first-order valence-corrected chi connectivity index (χ1v) is 29.7. The van der Waals surface area contributed by atoms with Crippen molar-refractivity contribution in [2.24, 2.45) is 5.92 Å². The highest BCUT2D eigenvalue weighted by Gasteiger charge is 2.15. The molecule has 0 N–H and O–H groups in total. The van der Waals surface area contributed by atoms with Crippen LogP contribution in [-0.4, -0.2) is 64.8 Å². The van der Waals surface area contributed by atoms with E-state index in [1.54, 1.807) is 0 Å². The minimum atomic E-state index is -0.466. The van der Waals surface area contributed by atoms with Gasteiger partial charge in [-0.2, -0.15) is 20.3 Å². The van der Waals surface area contributed by atoms with Gasteiger partial charge in [0, 0.05) is 6.42 Å². The van der Waals surface area contributed by atoms with Crippen LogP contribution in [0.2, 0.25) is 0 Å². The number of hydrogen-bond donors (Lipinski definition) is 0. The molecule has 0 radical (unpaired) electrons. The quantitative estimate of drug-likeness (QED) is 0.0201. The largest absolute Gasteiger partial charge is 0.494 e. The molecule has 0 amide bonds. The summed E-state index contributed by atoms with van der Waals surface area (Å²) in [6, 6.07) is 51.1. The van der Waals surface area contributed by atoms with E-state index in [1.807, 2.05) is 153 Å². The zero-order chi connectivity index (χ0) is 58.2. The van der Waals surface area contributed by atoms with Crippen LogP contribution in [0.15, 0.2) is 146 Å². The number of ether oxygens (including phenoxy) is 6. The molecule has 0 heterocycles. The Bertz CT molecular complexity index is 2830. The molecule has 0 saturated carbocycles. The fraction of sp³-hybridized carbons (Fsp3) is 0.420. The van der Waals surface area contributed by atoms with Crippen LogP contribution < -0.4 is 28.4 Å². The SMILES string of the molecule is C[C@@H](CCC(=O)OOCCCCCCOc1ccccc1OCCCCCCOc1ccc(-c2ccc(C#N)cc2)cc1)CC(=O)OOCCCCCCOc1ccccc1OCCCCCCOc1ccc(-c2ccc(C#N)cc2)cc1. The normalized spacial score (nSPS) is 11.2. The van der Waals surface area contributed by atoms with Crippen molar-refractivity contribution in [3.63, 3.8) is 0 Å². The number of unbranched alkanes of at least 4 members (excludes halogenated alkanes) is 12. The van der Waals surface area contributed by atoms with E-state index in [1.165, 1.54) is 0 Å². The second kappa shape index (κ2) is 39.4. The summed E-state index contributed by atoms with van der Waals surface area (Å²) in [5.74, 6) is 3.67. The molecule has 0 saturated heterocycles. The van der Waals surface area contributed by atoms with Crippen LogP contribution in [0.3, 0.4) is 0 Å². The Kier molecular flexibility index (Phi) is 30.4. The molecule has 6 rings (SSSR count). The van der Waals surface area contributed by atoms with E-state index in [9.17, 15) is 9.59 Å². The Labute approximate surface area is 491 Å². The summed E-state index contributed by atoms with van der Waals surface area (Å²) in [6.45, 7) is 6.20. The smallest absolute Gasteiger partial charge is 0.342 e. The van der Waals surface area contributed by atoms with Crippen LogP contribution >= 0.6 is 0 Å². The molecular formula is C69H82N2O12. The van der Waals surface area contributed by atoms with Crippen molar-refractivity contribution in [3.05, 3.63) is 157 Å². The van der Waals surface area contributed by atoms with Crippen LogP contribution in [0, 0.1) is 28.6 Å². The van der Waals surface area contributed by atoms with Crippen LogP contribution in [0.5, 0.6) is 34.5 Å². The zero-order valence-electron chi connectivity index (χ0n) is 48.3. The van der Waals surface area contributed by atoms with Crippen LogP contribution in [-0.2, 0) is 29.1 Å². The standard InChI is InChI=1S/C69H82N2O12/c1-55(52-69(73)83-81-51-21-9-7-19-49-79-67-25-13-11-23-65(67)77-47-17-5-3-15-45-75-63-41-37-61(38-42-63)59-33-29-57(54-71)30-34-59)26-43-68(72)82-80-50-20-8-6-18-48-78-66-24-12-10-22-64(66)76-46-16-4-2-14-44-74-62-39-35-60(36-40-62)58-31-27-56(53-70)28-32-58/h10-13,22-25,27-42,55H,2-9,14-21,26,43-52H2,1H3/t55-/m0/s1. The Balaban J connectivity index is 0.667. The van der Waals surface area contributed by atoms with Gasteiger partial charge in [-0.1, -0.05) is 92.6 Å². The fourth-order valence-electron chi connectivity index (χ4n) is 8.84. The zero-order valence-corrected chi connectivity index (χ0v) is 48.3. The maximum atomic E-state index is 12.3. The van der Waals surface area contributed by atoms with Gasteiger partial charge in [-0.3, -0.25) is 9.78 Å². The molecule has 6 aromatic rings. The minimum absolute atomic E-state index is 0.0902. The topological polar surface area (TPSA) is 174 Å². The molecule has 0 bridgehead atoms. The third-order valence-corrected chi connectivity index (χ3v) is 13.7. The second-order valence-electron chi connectivity index (χ2n) is 20.5. The van der Waals surface area contributed by atoms with Crippen molar-refractivity contribution in [2.75, 3.05) is 52.9 Å². The summed E-state index contributed by atoms with van der Waals surface area (Å²) in [6.07, 6.45) is 15.7. The first-order valence-electron chi connectivity index (χ1n) is 29.7. The molecule has 0 aromatic heterocycles. The Morgan fingerprint density at radius 1 is 0.361 bits per heavy atom. The van der Waals surface area contributed by atoms with Crippen molar-refractivity contribution < 1.29 is 57.6 Å². The van der Waals surface area contributed by atoms with E-state index >= 15 is 0 Å². The van der Waals surface area contributed by atoms with Gasteiger partial charge in [-0.15, -0.1) is 0 Å². The molecule has 0 aliphatic rings. The number of para-hydroxylation sites is 4. The summed E-state index contributed by atoms with van der Waals surface area (Å²) in [7, 11) is 0. The molecule has 83 heavy (non-hydrogen) atoms. The van der Waals surface area contributed by atoms with Gasteiger partial charge in [0.25, 0.3) is 0 Å². The third kappa shape index (κ3) is 26.2. The van der Waals surface area contributed by atoms with E-state index < -0.39 is 11.9 Å². The first kappa shape index (κ1) is 64.1. The maximum Gasteiger partial charge on any atom is 0.342 e. The van der Waals surface area contributed by atoms with E-state index in [4.69, 9.17) is 58.5 Å². The molecular weight excluding hydrogens is 1050 g/mol. The Hall–Kier alpha value is -8.04. The van der Waals surface area contributed by atoms with Crippen LogP contribution in [0.4, 0.5) is 0 Å². The molecule has 14 heteroatoms. The lowest BCUT2D eigenvalue weighted by atomic mass is 10.0. The highest BCUT2D eigenvalue weighted by atomic mass is 17.2. The molecule has 0 aliphatic heterocycles. The minimum Gasteiger partial charge on any atom is -0.494 e. The Morgan fingerprint density at radius 2 is 0.651 bits per heavy atom. The van der Waals surface area contributed by atoms with E-state index in [0.717, 1.165) is 159 Å². The Morgan fingerprint density at radius 3 is 0.976 bits per heavy atom. The molecule has 6 aromatic carbocycles. The fourth-order valence-corrected chi connectivity index (χ4v) is 8.84. The van der Waals surface area contributed by atoms with Gasteiger partial charge < -0.3 is 28.4 Å². The van der Waals surface area contributed by atoms with E-state index in [2.05, 4.69) is 12.1 Å². The van der Waals surface area contributed by atoms with Crippen molar-refractivity contribution in [2.45, 2.75) is 129 Å². The number of hydrogen-bond acceptors (Lipinski definition) is 14. The van der Waals surface area contributed by atoms with E-state index in [0.29, 0.717) is 70.4 Å². The number of nitrogens with zero attached hydrogens (tertiary/aromatic N) is 2. The molecule has 0 aliphatic carbocycles. The number of carbonyl (C=O) groups is 2. The number of rotatable bonds is 43. The predicted octanol–water partition coefficient (Wildman–Crippen LogP) is 16.1. The van der Waals surface area contributed by atoms with Crippen LogP contribution in [0.25, 0.3) is 22.3 Å². The summed E-state index contributed by atoms with van der Waals surface area (Å²) >= 11 is 0. The maximum absolute atomic E-state index is 12.3. The third-order valence-electron chi connectivity index (χ3n) is 13.7. The van der Waals surface area contributed by atoms with Crippen molar-refractivity contribution >= 4 is 11.9 Å². The monoisotopic (exact) mass is 1130 g/mol. The number of nitriles is 2. The summed E-state index contributed by atoms with van der Waals surface area (Å²) < 4.78 is 36.1. The molecule has 440 valence electrons. The van der Waals surface area contributed by atoms with Gasteiger partial charge in [0.05, 0.1) is 82.5 Å². The van der Waals surface area contributed by atoms with Gasteiger partial charge in [-0.05, 0) is 197 Å². The predicted molar refractivity (Wildman–Crippen MR) is 320 cm³/mol. The van der Waals surface area contributed by atoms with Crippen LogP contribution in [0.1, 0.15) is 140 Å². The summed E-state index contributed by atoms with van der Waals surface area (Å²) in [5, 5.41) is 18.0. The molecule has 0 unspecified atom stereocenters. The highest BCUT2D eigenvalue weighted by molar-refractivity contribution is 5.70.